The van der Waals surface area contributed by atoms with Crippen LogP contribution in [0, 0.1) is 0 Å². The fraction of sp³-hybridized carbons (Fsp3) is 0.500. The summed E-state index contributed by atoms with van der Waals surface area (Å²) < 4.78 is 5.66. The van der Waals surface area contributed by atoms with E-state index in [0.29, 0.717) is 30.8 Å². The molecule has 3 N–H and O–H groups in total. The number of rotatable bonds is 6. The molecule has 2 heterocycles. The molecule has 1 fully saturated rings. The Morgan fingerprint density at radius 1 is 1.38 bits per heavy atom. The molecule has 1 aromatic carbocycles. The molecule has 1 amide bonds. The van der Waals surface area contributed by atoms with Crippen molar-refractivity contribution in [2.75, 3.05) is 19.6 Å². The predicted molar refractivity (Wildman–Crippen MR) is 96.0 cm³/mol. The van der Waals surface area contributed by atoms with Gasteiger partial charge < -0.3 is 15.5 Å². The topological polar surface area (TPSA) is 71.5 Å². The lowest BCUT2D eigenvalue weighted by atomic mass is 10.0. The van der Waals surface area contributed by atoms with Crippen molar-refractivity contribution in [3.8, 4) is 0 Å². The number of carbonyl (C=O) groups excluding carboxylic acids is 1. The van der Waals surface area contributed by atoms with E-state index in [1.807, 2.05) is 24.3 Å². The summed E-state index contributed by atoms with van der Waals surface area (Å²) in [4.78, 5) is 14.1. The van der Waals surface area contributed by atoms with E-state index < -0.39 is 0 Å². The van der Waals surface area contributed by atoms with E-state index >= 15 is 0 Å². The third-order valence-electron chi connectivity index (χ3n) is 4.67. The van der Waals surface area contributed by atoms with Gasteiger partial charge in [-0.05, 0) is 37.1 Å². The maximum absolute atomic E-state index is 11.7. The van der Waals surface area contributed by atoms with Crippen LogP contribution in [0.5, 0.6) is 0 Å². The van der Waals surface area contributed by atoms with Crippen LogP contribution in [0.2, 0.25) is 5.22 Å². The Hall–Kier alpha value is -1.56. The number of fused-ring (bicyclic) bond motifs is 1. The first-order valence-electron chi connectivity index (χ1n) is 8.55. The number of carbonyl (C=O) groups is 1. The van der Waals surface area contributed by atoms with Crippen LogP contribution in [0.15, 0.2) is 28.7 Å². The van der Waals surface area contributed by atoms with Crippen molar-refractivity contribution in [1.82, 2.24) is 10.2 Å². The van der Waals surface area contributed by atoms with Gasteiger partial charge in [0, 0.05) is 43.0 Å². The molecule has 5 nitrogen and oxygen atoms in total. The van der Waals surface area contributed by atoms with Gasteiger partial charge in [-0.15, -0.1) is 0 Å². The largest absolute Gasteiger partial charge is 0.444 e. The quantitative estimate of drug-likeness (QED) is 0.841. The Bertz CT molecular complexity index is 701. The molecule has 0 spiro atoms. The zero-order chi connectivity index (χ0) is 16.9. The zero-order valence-corrected chi connectivity index (χ0v) is 14.5. The van der Waals surface area contributed by atoms with E-state index in [2.05, 4.69) is 10.2 Å². The van der Waals surface area contributed by atoms with Crippen molar-refractivity contribution in [1.29, 1.82) is 0 Å². The van der Waals surface area contributed by atoms with E-state index in [1.165, 1.54) is 12.8 Å². The second-order valence-electron chi connectivity index (χ2n) is 6.31. The Morgan fingerprint density at radius 2 is 2.21 bits per heavy atom. The number of likely N-dealkylation sites (tertiary alicyclic amines) is 1. The highest BCUT2D eigenvalue weighted by Crippen LogP contribution is 2.32. The van der Waals surface area contributed by atoms with Gasteiger partial charge in [0.2, 0.25) is 5.91 Å². The lowest BCUT2D eigenvalue weighted by Gasteiger charge is -2.35. The van der Waals surface area contributed by atoms with Gasteiger partial charge in [0.1, 0.15) is 5.58 Å². The molecule has 0 radical (unpaired) electrons. The van der Waals surface area contributed by atoms with Crippen molar-refractivity contribution in [2.45, 2.75) is 38.3 Å². The van der Waals surface area contributed by atoms with Crippen molar-refractivity contribution >= 4 is 28.5 Å². The van der Waals surface area contributed by atoms with Gasteiger partial charge in [0.05, 0.1) is 0 Å². The normalized spacial score (nSPS) is 18.8. The first-order valence-corrected chi connectivity index (χ1v) is 8.93. The van der Waals surface area contributed by atoms with Crippen molar-refractivity contribution < 1.29 is 9.21 Å². The van der Waals surface area contributed by atoms with Crippen LogP contribution in [0.3, 0.4) is 0 Å². The lowest BCUT2D eigenvalue weighted by molar-refractivity contribution is -0.121. The molecule has 1 aliphatic rings. The van der Waals surface area contributed by atoms with Gasteiger partial charge >= 0.3 is 0 Å². The Balaban J connectivity index is 1.71. The van der Waals surface area contributed by atoms with Gasteiger partial charge in [-0.2, -0.15) is 0 Å². The molecule has 1 unspecified atom stereocenters. The molecule has 24 heavy (non-hydrogen) atoms. The molecule has 0 aliphatic carbocycles. The van der Waals surface area contributed by atoms with Crippen molar-refractivity contribution in [3.63, 3.8) is 0 Å². The molecule has 1 saturated heterocycles. The van der Waals surface area contributed by atoms with Gasteiger partial charge in [-0.25, -0.2) is 0 Å². The maximum atomic E-state index is 11.7. The minimum Gasteiger partial charge on any atom is -0.444 e. The first-order chi connectivity index (χ1) is 11.7. The molecule has 1 aliphatic heterocycles. The Kier molecular flexibility index (Phi) is 5.76. The minimum absolute atomic E-state index is 0.0230. The van der Waals surface area contributed by atoms with Crippen LogP contribution in [0.25, 0.3) is 11.0 Å². The average molecular weight is 350 g/mol. The van der Waals surface area contributed by atoms with Gasteiger partial charge in [0.15, 0.2) is 5.22 Å². The number of nitrogens with zero attached hydrogens (tertiary/aromatic N) is 1. The van der Waals surface area contributed by atoms with E-state index in [1.54, 1.807) is 0 Å². The summed E-state index contributed by atoms with van der Waals surface area (Å²) in [5.74, 6) is 0.0230. The molecule has 2 aromatic rings. The van der Waals surface area contributed by atoms with Crippen LogP contribution in [-0.4, -0.2) is 36.5 Å². The summed E-state index contributed by atoms with van der Waals surface area (Å²) in [7, 11) is 0. The number of hydrogen-bond acceptors (Lipinski definition) is 4. The summed E-state index contributed by atoms with van der Waals surface area (Å²) in [5, 5.41) is 4.53. The monoisotopic (exact) mass is 349 g/mol. The molecule has 3 rings (SSSR count). The number of hydrogen-bond donors (Lipinski definition) is 2. The summed E-state index contributed by atoms with van der Waals surface area (Å²) in [6, 6.07) is 8.25. The highest BCUT2D eigenvalue weighted by Gasteiger charge is 2.25. The second-order valence-corrected chi connectivity index (χ2v) is 6.66. The number of furan rings is 1. The molecule has 0 bridgehead atoms. The Morgan fingerprint density at radius 3 is 3.04 bits per heavy atom. The summed E-state index contributed by atoms with van der Waals surface area (Å²) in [6.45, 7) is 2.80. The molecular formula is C18H24ClN3O2. The highest BCUT2D eigenvalue weighted by molar-refractivity contribution is 6.30. The summed E-state index contributed by atoms with van der Waals surface area (Å²) in [6.07, 6.45) is 3.82. The number of benzene rings is 1. The smallest absolute Gasteiger partial charge is 0.221 e. The lowest BCUT2D eigenvalue weighted by Crippen LogP contribution is -2.46. The van der Waals surface area contributed by atoms with Gasteiger partial charge in [0.25, 0.3) is 0 Å². The number of nitrogens with one attached hydrogen (secondary N) is 1. The number of amides is 1. The number of piperidine rings is 1. The molecular weight excluding hydrogens is 326 g/mol. The van der Waals surface area contributed by atoms with Crippen LogP contribution in [0.1, 0.15) is 31.2 Å². The summed E-state index contributed by atoms with van der Waals surface area (Å²) >= 11 is 6.33. The van der Waals surface area contributed by atoms with E-state index in [-0.39, 0.29) is 5.91 Å². The SMILES string of the molecule is NCCC(=O)NCC1CCCCN1Cc1c(Cl)oc2ccccc12. The van der Waals surface area contributed by atoms with Crippen LogP contribution >= 0.6 is 11.6 Å². The zero-order valence-electron chi connectivity index (χ0n) is 13.8. The van der Waals surface area contributed by atoms with Gasteiger partial charge in [-0.3, -0.25) is 9.69 Å². The van der Waals surface area contributed by atoms with Gasteiger partial charge in [-0.1, -0.05) is 24.6 Å². The van der Waals surface area contributed by atoms with Crippen molar-refractivity contribution in [3.05, 3.63) is 35.0 Å². The van der Waals surface area contributed by atoms with Crippen LogP contribution in [0.4, 0.5) is 0 Å². The number of para-hydroxylation sites is 1. The number of nitrogens with two attached hydrogens (primary N) is 1. The average Bonchev–Trinajstić information content (AvgIpc) is 2.90. The first kappa shape index (κ1) is 17.3. The van der Waals surface area contributed by atoms with E-state index in [4.69, 9.17) is 21.8 Å². The highest BCUT2D eigenvalue weighted by atomic mass is 35.5. The fourth-order valence-electron chi connectivity index (χ4n) is 3.37. The minimum atomic E-state index is 0.0230. The molecule has 0 saturated carbocycles. The van der Waals surface area contributed by atoms with Crippen molar-refractivity contribution in [2.24, 2.45) is 5.73 Å². The van der Waals surface area contributed by atoms with E-state index in [0.717, 1.165) is 36.0 Å². The third kappa shape index (κ3) is 3.91. The maximum Gasteiger partial charge on any atom is 0.221 e. The van der Waals surface area contributed by atoms with Crippen LogP contribution < -0.4 is 11.1 Å². The molecule has 6 heteroatoms. The molecule has 130 valence electrons. The number of halogens is 1. The fourth-order valence-corrected chi connectivity index (χ4v) is 3.61. The molecule has 1 aromatic heterocycles. The van der Waals surface area contributed by atoms with E-state index in [9.17, 15) is 4.79 Å². The second kappa shape index (κ2) is 8.01. The standard InChI is InChI=1S/C18H24ClN3O2/c19-18-15(14-6-1-2-7-16(14)24-18)12-22-10-4-3-5-13(22)11-21-17(23)8-9-20/h1-2,6-7,13H,3-5,8-12,20H2,(H,21,23). The third-order valence-corrected chi connectivity index (χ3v) is 4.97. The predicted octanol–water partition coefficient (Wildman–Crippen LogP) is 2.91. The Labute approximate surface area is 147 Å². The molecule has 1 atom stereocenters. The van der Waals surface area contributed by atoms with Crippen LogP contribution in [-0.2, 0) is 11.3 Å². The summed E-state index contributed by atoms with van der Waals surface area (Å²) in [5.41, 5.74) is 7.29.